The van der Waals surface area contributed by atoms with E-state index in [0.29, 0.717) is 0 Å². The highest BCUT2D eigenvalue weighted by Gasteiger charge is 2.27. The summed E-state index contributed by atoms with van der Waals surface area (Å²) in [6, 6.07) is -1.25. The molecule has 0 bridgehead atoms. The quantitative estimate of drug-likeness (QED) is 0.672. The van der Waals surface area contributed by atoms with E-state index in [1.165, 1.54) is 11.9 Å². The fraction of sp³-hybridized carbons (Fsp3) is 0.667. The minimum Gasteiger partial charge on any atom is -0.481 e. The molecule has 0 fully saturated rings. The van der Waals surface area contributed by atoms with Crippen LogP contribution in [0.25, 0.3) is 0 Å². The van der Waals surface area contributed by atoms with E-state index < -0.39 is 24.9 Å². The summed E-state index contributed by atoms with van der Waals surface area (Å²) in [5.41, 5.74) is 0.725. The number of likely N-dealkylation sites (N-methyl/N-ethyl adjacent to an activating group) is 1. The van der Waals surface area contributed by atoms with Crippen LogP contribution in [0.2, 0.25) is 0 Å². The molecule has 0 rings (SSSR count). The molecular formula is C9H15F2NO2. The zero-order chi connectivity index (χ0) is 11.3. The highest BCUT2D eigenvalue weighted by Crippen LogP contribution is 2.13. The van der Waals surface area contributed by atoms with Crippen LogP contribution in [-0.4, -0.2) is 42.0 Å². The number of halogens is 2. The van der Waals surface area contributed by atoms with E-state index in [-0.39, 0.29) is 6.54 Å². The fourth-order valence-electron chi connectivity index (χ4n) is 1.16. The topological polar surface area (TPSA) is 40.5 Å². The summed E-state index contributed by atoms with van der Waals surface area (Å²) in [5, 5.41) is 8.43. The number of aliphatic carboxylic acids is 1. The van der Waals surface area contributed by atoms with Crippen LogP contribution in [0, 0.1) is 0 Å². The summed E-state index contributed by atoms with van der Waals surface area (Å²) < 4.78 is 24.9. The van der Waals surface area contributed by atoms with Crippen molar-refractivity contribution in [3.8, 4) is 0 Å². The molecule has 0 aromatic rings. The second-order valence-corrected chi connectivity index (χ2v) is 3.37. The summed E-state index contributed by atoms with van der Waals surface area (Å²) >= 11 is 0. The lowest BCUT2D eigenvalue weighted by molar-refractivity contribution is -0.140. The molecule has 5 heteroatoms. The Hall–Kier alpha value is -0.970. The molecule has 0 aliphatic heterocycles. The van der Waals surface area contributed by atoms with Crippen LogP contribution in [0.3, 0.4) is 0 Å². The molecule has 0 aliphatic rings. The molecule has 0 saturated heterocycles. The molecule has 1 unspecified atom stereocenters. The van der Waals surface area contributed by atoms with E-state index in [1.807, 2.05) is 0 Å². The van der Waals surface area contributed by atoms with Gasteiger partial charge >= 0.3 is 5.97 Å². The monoisotopic (exact) mass is 207 g/mol. The van der Waals surface area contributed by atoms with Gasteiger partial charge in [0.1, 0.15) is 0 Å². The van der Waals surface area contributed by atoms with Gasteiger partial charge in [0.15, 0.2) is 0 Å². The highest BCUT2D eigenvalue weighted by molar-refractivity contribution is 5.67. The van der Waals surface area contributed by atoms with Gasteiger partial charge in [-0.25, -0.2) is 8.78 Å². The largest absolute Gasteiger partial charge is 0.481 e. The highest BCUT2D eigenvalue weighted by atomic mass is 19.3. The summed E-state index contributed by atoms with van der Waals surface area (Å²) in [5.74, 6) is -1.22. The first-order valence-corrected chi connectivity index (χ1v) is 4.19. The number of hydrogen-bond donors (Lipinski definition) is 1. The second-order valence-electron chi connectivity index (χ2n) is 3.37. The number of rotatable bonds is 6. The van der Waals surface area contributed by atoms with E-state index in [0.717, 1.165) is 5.57 Å². The number of carbonyl (C=O) groups is 1. The van der Waals surface area contributed by atoms with Gasteiger partial charge in [-0.05, 0) is 14.0 Å². The minimum absolute atomic E-state index is 0.280. The van der Waals surface area contributed by atoms with Gasteiger partial charge in [0.2, 0.25) is 0 Å². The molecule has 0 spiro atoms. The first-order chi connectivity index (χ1) is 6.34. The SMILES string of the molecule is C=C(C)CN(C)C(CC(=O)O)C(F)F. The lowest BCUT2D eigenvalue weighted by Gasteiger charge is -2.26. The zero-order valence-electron chi connectivity index (χ0n) is 8.33. The van der Waals surface area contributed by atoms with Crippen molar-refractivity contribution in [1.29, 1.82) is 0 Å². The number of hydrogen-bond acceptors (Lipinski definition) is 2. The summed E-state index contributed by atoms with van der Waals surface area (Å²) in [4.78, 5) is 11.6. The van der Waals surface area contributed by atoms with Crippen LogP contribution in [-0.2, 0) is 4.79 Å². The molecule has 1 N–H and O–H groups in total. The van der Waals surface area contributed by atoms with Gasteiger partial charge in [-0.2, -0.15) is 0 Å². The van der Waals surface area contributed by atoms with Crippen molar-refractivity contribution >= 4 is 5.97 Å². The smallest absolute Gasteiger partial charge is 0.305 e. The Morgan fingerprint density at radius 3 is 2.36 bits per heavy atom. The molecule has 0 aliphatic carbocycles. The third-order valence-corrected chi connectivity index (χ3v) is 1.76. The Kier molecular flexibility index (Phi) is 5.30. The molecule has 0 radical (unpaired) electrons. The molecule has 0 amide bonds. The van der Waals surface area contributed by atoms with Gasteiger partial charge in [-0.15, -0.1) is 0 Å². The van der Waals surface area contributed by atoms with E-state index in [9.17, 15) is 13.6 Å². The molecule has 0 heterocycles. The van der Waals surface area contributed by atoms with E-state index >= 15 is 0 Å². The molecule has 3 nitrogen and oxygen atoms in total. The number of nitrogens with zero attached hydrogens (tertiary/aromatic N) is 1. The number of alkyl halides is 2. The summed E-state index contributed by atoms with van der Waals surface area (Å²) in [6.07, 6.45) is -3.21. The Morgan fingerprint density at radius 2 is 2.07 bits per heavy atom. The van der Waals surface area contributed by atoms with Crippen LogP contribution < -0.4 is 0 Å². The van der Waals surface area contributed by atoms with Gasteiger partial charge in [0.05, 0.1) is 12.5 Å². The zero-order valence-corrected chi connectivity index (χ0v) is 8.33. The average Bonchev–Trinajstić information content (AvgIpc) is 1.97. The normalized spacial score (nSPS) is 13.3. The van der Waals surface area contributed by atoms with Gasteiger partial charge in [0.25, 0.3) is 6.43 Å². The van der Waals surface area contributed by atoms with Crippen LogP contribution in [0.5, 0.6) is 0 Å². The first kappa shape index (κ1) is 13.0. The molecule has 82 valence electrons. The van der Waals surface area contributed by atoms with Crippen molar-refractivity contribution < 1.29 is 18.7 Å². The maximum Gasteiger partial charge on any atom is 0.305 e. The van der Waals surface area contributed by atoms with Crippen molar-refractivity contribution in [2.45, 2.75) is 25.8 Å². The van der Waals surface area contributed by atoms with Crippen LogP contribution in [0.1, 0.15) is 13.3 Å². The molecule has 0 aromatic heterocycles. The van der Waals surface area contributed by atoms with Crippen molar-refractivity contribution in [1.82, 2.24) is 4.90 Å². The third kappa shape index (κ3) is 4.91. The number of carboxylic acid groups (broad SMARTS) is 1. The first-order valence-electron chi connectivity index (χ1n) is 4.19. The van der Waals surface area contributed by atoms with Gasteiger partial charge in [-0.3, -0.25) is 9.69 Å². The summed E-state index contributed by atoms with van der Waals surface area (Å²) in [6.45, 7) is 5.57. The van der Waals surface area contributed by atoms with E-state index in [4.69, 9.17) is 5.11 Å². The number of carboxylic acids is 1. The van der Waals surface area contributed by atoms with Gasteiger partial charge in [0, 0.05) is 6.54 Å². The molecule has 0 saturated carbocycles. The Bertz CT molecular complexity index is 219. The Balaban J connectivity index is 4.32. The van der Waals surface area contributed by atoms with Crippen LogP contribution in [0.15, 0.2) is 12.2 Å². The third-order valence-electron chi connectivity index (χ3n) is 1.76. The predicted octanol–water partition coefficient (Wildman–Crippen LogP) is 1.60. The Labute approximate surface area is 82.0 Å². The molecule has 1 atom stereocenters. The van der Waals surface area contributed by atoms with Crippen molar-refractivity contribution in [2.75, 3.05) is 13.6 Å². The average molecular weight is 207 g/mol. The van der Waals surface area contributed by atoms with Crippen molar-refractivity contribution in [2.24, 2.45) is 0 Å². The maximum absolute atomic E-state index is 12.4. The standard InChI is InChI=1S/C9H15F2NO2/c1-6(2)5-12(3)7(9(10)11)4-8(13)14/h7,9H,1,4-5H2,2-3H3,(H,13,14). The molecule has 0 aromatic carbocycles. The fourth-order valence-corrected chi connectivity index (χ4v) is 1.16. The van der Waals surface area contributed by atoms with E-state index in [2.05, 4.69) is 6.58 Å². The second kappa shape index (κ2) is 5.70. The van der Waals surface area contributed by atoms with Crippen molar-refractivity contribution in [3.05, 3.63) is 12.2 Å². The summed E-state index contributed by atoms with van der Waals surface area (Å²) in [7, 11) is 1.47. The minimum atomic E-state index is -2.66. The lowest BCUT2D eigenvalue weighted by atomic mass is 10.1. The molecule has 14 heavy (non-hydrogen) atoms. The van der Waals surface area contributed by atoms with Gasteiger partial charge < -0.3 is 5.11 Å². The molecular weight excluding hydrogens is 192 g/mol. The van der Waals surface area contributed by atoms with Crippen LogP contribution in [0.4, 0.5) is 8.78 Å². The predicted molar refractivity (Wildman–Crippen MR) is 49.5 cm³/mol. The Morgan fingerprint density at radius 1 is 1.57 bits per heavy atom. The van der Waals surface area contributed by atoms with Crippen molar-refractivity contribution in [3.63, 3.8) is 0 Å². The van der Waals surface area contributed by atoms with Crippen LogP contribution >= 0.6 is 0 Å². The lowest BCUT2D eigenvalue weighted by Crippen LogP contribution is -2.40. The van der Waals surface area contributed by atoms with Gasteiger partial charge in [-0.1, -0.05) is 12.2 Å². The van der Waals surface area contributed by atoms with E-state index in [1.54, 1.807) is 6.92 Å². The maximum atomic E-state index is 12.4.